The van der Waals surface area contributed by atoms with Gasteiger partial charge in [0.1, 0.15) is 0 Å². The number of sulfonamides is 1. The highest BCUT2D eigenvalue weighted by Gasteiger charge is 2.33. The minimum absolute atomic E-state index is 0.0519. The average molecular weight is 476 g/mol. The molecule has 1 amide bonds. The van der Waals surface area contributed by atoms with Crippen LogP contribution in [0, 0.1) is 0 Å². The van der Waals surface area contributed by atoms with Gasteiger partial charge in [-0.2, -0.15) is 17.0 Å². The number of primary sulfonamides is 1. The monoisotopic (exact) mass is 475 g/mol. The van der Waals surface area contributed by atoms with E-state index in [2.05, 4.69) is 5.32 Å². The number of amides is 1. The Balaban J connectivity index is 1.81. The van der Waals surface area contributed by atoms with Crippen LogP contribution in [0.2, 0.25) is 0 Å². The number of rotatable bonds is 10. The molecule has 2 rings (SSSR count). The molecule has 0 spiro atoms. The van der Waals surface area contributed by atoms with Gasteiger partial charge in [-0.05, 0) is 31.0 Å². The molecule has 31 heavy (non-hydrogen) atoms. The summed E-state index contributed by atoms with van der Waals surface area (Å²) in [5.74, 6) is -0.124. The predicted molar refractivity (Wildman–Crippen MR) is 119 cm³/mol. The zero-order valence-corrected chi connectivity index (χ0v) is 20.0. The lowest BCUT2D eigenvalue weighted by Crippen LogP contribution is -2.57. The van der Waals surface area contributed by atoms with Gasteiger partial charge in [0.05, 0.1) is 10.9 Å². The molecule has 1 fully saturated rings. The summed E-state index contributed by atoms with van der Waals surface area (Å²) in [6, 6.07) is 5.86. The van der Waals surface area contributed by atoms with Crippen LogP contribution in [-0.4, -0.2) is 88.1 Å². The van der Waals surface area contributed by atoms with E-state index in [9.17, 15) is 21.6 Å². The van der Waals surface area contributed by atoms with Crippen LogP contribution in [0.5, 0.6) is 0 Å². The van der Waals surface area contributed by atoms with Crippen LogP contribution in [0.25, 0.3) is 0 Å². The van der Waals surface area contributed by atoms with Gasteiger partial charge in [0.25, 0.3) is 10.2 Å². The zero-order chi connectivity index (χ0) is 23.2. The third kappa shape index (κ3) is 6.70. The number of benzene rings is 1. The van der Waals surface area contributed by atoms with E-state index in [1.807, 2.05) is 25.7 Å². The Morgan fingerprint density at radius 3 is 2.10 bits per heavy atom. The minimum atomic E-state index is -3.72. The van der Waals surface area contributed by atoms with Crippen LogP contribution in [0.1, 0.15) is 26.3 Å². The first-order valence-corrected chi connectivity index (χ1v) is 13.3. The summed E-state index contributed by atoms with van der Waals surface area (Å²) in [6.45, 7) is 8.41. The second kappa shape index (κ2) is 10.8. The van der Waals surface area contributed by atoms with E-state index in [1.165, 1.54) is 20.7 Å². The topological polar surface area (TPSA) is 133 Å². The van der Waals surface area contributed by atoms with Gasteiger partial charge in [-0.3, -0.25) is 9.69 Å². The molecule has 1 unspecified atom stereocenters. The Kier molecular flexibility index (Phi) is 8.98. The SMILES string of the molecule is CCN(CC)S(=O)(=O)N1CCN(C(C)C(=O)NCCc2ccc(S(N)(=O)=O)cc2)CC1. The largest absolute Gasteiger partial charge is 0.354 e. The van der Waals surface area contributed by atoms with Crippen molar-refractivity contribution in [2.45, 2.75) is 38.1 Å². The molecular weight excluding hydrogens is 442 g/mol. The summed E-state index contributed by atoms with van der Waals surface area (Å²) in [5.41, 5.74) is 0.885. The molecule has 0 radical (unpaired) electrons. The maximum absolute atomic E-state index is 12.6. The number of piperazine rings is 1. The Bertz CT molecular complexity index is 938. The van der Waals surface area contributed by atoms with Crippen LogP contribution in [0.3, 0.4) is 0 Å². The fraction of sp³-hybridized carbons (Fsp3) is 0.632. The molecule has 3 N–H and O–H groups in total. The van der Waals surface area contributed by atoms with Gasteiger partial charge in [-0.1, -0.05) is 26.0 Å². The van der Waals surface area contributed by atoms with Crippen molar-refractivity contribution in [3.8, 4) is 0 Å². The van der Waals surface area contributed by atoms with E-state index in [1.54, 1.807) is 12.1 Å². The molecule has 1 aliphatic rings. The van der Waals surface area contributed by atoms with E-state index in [0.717, 1.165) is 5.56 Å². The highest BCUT2D eigenvalue weighted by atomic mass is 32.2. The van der Waals surface area contributed by atoms with Crippen molar-refractivity contribution in [3.05, 3.63) is 29.8 Å². The second-order valence-corrected chi connectivity index (χ2v) is 10.9. The number of carbonyl (C=O) groups is 1. The number of nitrogens with zero attached hydrogens (tertiary/aromatic N) is 3. The summed E-state index contributed by atoms with van der Waals surface area (Å²) in [5, 5.41) is 7.97. The highest BCUT2D eigenvalue weighted by molar-refractivity contribution is 7.89. The molecule has 1 heterocycles. The van der Waals surface area contributed by atoms with Gasteiger partial charge in [-0.15, -0.1) is 0 Å². The summed E-state index contributed by atoms with van der Waals surface area (Å²) in [6.07, 6.45) is 0.555. The van der Waals surface area contributed by atoms with E-state index < -0.39 is 20.2 Å². The van der Waals surface area contributed by atoms with E-state index >= 15 is 0 Å². The van der Waals surface area contributed by atoms with Gasteiger partial charge in [-0.25, -0.2) is 13.6 Å². The van der Waals surface area contributed by atoms with Crippen molar-refractivity contribution >= 4 is 26.1 Å². The van der Waals surface area contributed by atoms with Crippen LogP contribution in [0.4, 0.5) is 0 Å². The molecule has 0 saturated carbocycles. The van der Waals surface area contributed by atoms with Crippen LogP contribution >= 0.6 is 0 Å². The Morgan fingerprint density at radius 1 is 1.06 bits per heavy atom. The molecule has 1 saturated heterocycles. The lowest BCUT2D eigenvalue weighted by atomic mass is 10.1. The number of carbonyl (C=O) groups excluding carboxylic acids is 1. The maximum Gasteiger partial charge on any atom is 0.282 e. The number of nitrogens with one attached hydrogen (secondary N) is 1. The van der Waals surface area contributed by atoms with E-state index in [4.69, 9.17) is 5.14 Å². The third-order valence-electron chi connectivity index (χ3n) is 5.52. The van der Waals surface area contributed by atoms with Gasteiger partial charge in [0, 0.05) is 45.8 Å². The highest BCUT2D eigenvalue weighted by Crippen LogP contribution is 2.14. The summed E-state index contributed by atoms with van der Waals surface area (Å²) < 4.78 is 50.7. The third-order valence-corrected chi connectivity index (χ3v) is 8.64. The number of nitrogens with two attached hydrogens (primary N) is 1. The molecule has 1 aliphatic heterocycles. The molecule has 0 aliphatic carbocycles. The van der Waals surface area contributed by atoms with Crippen LogP contribution < -0.4 is 10.5 Å². The molecule has 1 atom stereocenters. The van der Waals surface area contributed by atoms with Crippen LogP contribution in [-0.2, 0) is 31.4 Å². The molecule has 0 bridgehead atoms. The van der Waals surface area contributed by atoms with Crippen molar-refractivity contribution in [1.29, 1.82) is 0 Å². The fourth-order valence-corrected chi connectivity index (χ4v) is 5.64. The molecule has 10 nitrogen and oxygen atoms in total. The minimum Gasteiger partial charge on any atom is -0.354 e. The molecule has 1 aromatic carbocycles. The van der Waals surface area contributed by atoms with E-state index in [0.29, 0.717) is 52.2 Å². The molecule has 0 aromatic heterocycles. The standard InChI is InChI=1S/C19H33N5O5S2/c1-4-23(5-2)31(28,29)24-14-12-22(13-15-24)16(3)19(25)21-11-10-17-6-8-18(9-7-17)30(20,26)27/h6-9,16H,4-5,10-15H2,1-3H3,(H,21,25)(H2,20,26,27). The van der Waals surface area contributed by atoms with Gasteiger partial charge < -0.3 is 5.32 Å². The second-order valence-electron chi connectivity index (χ2n) is 7.43. The summed E-state index contributed by atoms with van der Waals surface area (Å²) >= 11 is 0. The fourth-order valence-electron chi connectivity index (χ4n) is 3.52. The Labute approximate surface area is 185 Å². The smallest absolute Gasteiger partial charge is 0.282 e. The van der Waals surface area contributed by atoms with Gasteiger partial charge in [0.15, 0.2) is 0 Å². The number of hydrogen-bond acceptors (Lipinski definition) is 6. The average Bonchev–Trinajstić information content (AvgIpc) is 2.73. The van der Waals surface area contributed by atoms with E-state index in [-0.39, 0.29) is 16.8 Å². The molecular formula is C19H33N5O5S2. The predicted octanol–water partition coefficient (Wildman–Crippen LogP) is -0.415. The maximum atomic E-state index is 12.6. The van der Waals surface area contributed by atoms with Crippen molar-refractivity contribution < 1.29 is 21.6 Å². The molecule has 176 valence electrons. The zero-order valence-electron chi connectivity index (χ0n) is 18.3. The molecule has 12 heteroatoms. The lowest BCUT2D eigenvalue weighted by Gasteiger charge is -2.38. The van der Waals surface area contributed by atoms with Crippen molar-refractivity contribution in [2.75, 3.05) is 45.8 Å². The summed E-state index contributed by atoms with van der Waals surface area (Å²) in [7, 11) is -7.17. The first kappa shape index (κ1) is 25.7. The molecule has 1 aromatic rings. The van der Waals surface area contributed by atoms with Crippen molar-refractivity contribution in [2.24, 2.45) is 5.14 Å². The first-order valence-electron chi connectivity index (χ1n) is 10.4. The van der Waals surface area contributed by atoms with Crippen molar-refractivity contribution in [1.82, 2.24) is 18.8 Å². The Hall–Kier alpha value is -1.57. The quantitative estimate of drug-likeness (QED) is 0.472. The Morgan fingerprint density at radius 2 is 1.61 bits per heavy atom. The van der Waals surface area contributed by atoms with Crippen molar-refractivity contribution in [3.63, 3.8) is 0 Å². The first-order chi connectivity index (χ1) is 14.5. The summed E-state index contributed by atoms with van der Waals surface area (Å²) in [4.78, 5) is 14.5. The normalized spacial score (nSPS) is 17.6. The number of hydrogen-bond donors (Lipinski definition) is 2. The van der Waals surface area contributed by atoms with Crippen LogP contribution in [0.15, 0.2) is 29.2 Å². The van der Waals surface area contributed by atoms with Gasteiger partial charge in [0.2, 0.25) is 15.9 Å². The lowest BCUT2D eigenvalue weighted by molar-refractivity contribution is -0.126. The van der Waals surface area contributed by atoms with Gasteiger partial charge >= 0.3 is 0 Å².